The average molecular weight is 540 g/mol. The molecule has 5 rings (SSSR count). The van der Waals surface area contributed by atoms with E-state index >= 15 is 0 Å². The third-order valence-corrected chi connectivity index (χ3v) is 8.86. The van der Waals surface area contributed by atoms with Gasteiger partial charge in [-0.15, -0.1) is 0 Å². The summed E-state index contributed by atoms with van der Waals surface area (Å²) < 4.78 is 38.1. The number of aromatic nitrogens is 2. The van der Waals surface area contributed by atoms with Crippen molar-refractivity contribution >= 4 is 27.6 Å². The van der Waals surface area contributed by atoms with Crippen LogP contribution in [0.2, 0.25) is 0 Å². The zero-order chi connectivity index (χ0) is 25.9. The smallest absolute Gasteiger partial charge is 0.243 e. The highest BCUT2D eigenvalue weighted by Gasteiger charge is 2.41. The number of morpholine rings is 1. The second-order valence-corrected chi connectivity index (χ2v) is 11.0. The summed E-state index contributed by atoms with van der Waals surface area (Å²) in [6.07, 6.45) is 4.40. The number of nitrogen functional groups attached to an aromatic ring is 1. The summed E-state index contributed by atoms with van der Waals surface area (Å²) in [7, 11) is -3.60. The van der Waals surface area contributed by atoms with Crippen molar-refractivity contribution in [3.8, 4) is 11.1 Å². The summed E-state index contributed by atoms with van der Waals surface area (Å²) in [5, 5.41) is 3.00. The lowest BCUT2D eigenvalue weighted by Gasteiger charge is -2.36. The molecule has 0 unspecified atom stereocenters. The maximum absolute atomic E-state index is 13.7. The van der Waals surface area contributed by atoms with Crippen LogP contribution in [-0.4, -0.2) is 68.1 Å². The third-order valence-electron chi connectivity index (χ3n) is 6.94. The summed E-state index contributed by atoms with van der Waals surface area (Å²) in [6, 6.07) is 14.1. The van der Waals surface area contributed by atoms with Crippen molar-refractivity contribution in [1.82, 2.24) is 14.3 Å². The molecule has 0 aliphatic carbocycles. The number of hydrogen-bond acceptors (Lipinski definition) is 8. The fourth-order valence-corrected chi connectivity index (χ4v) is 6.14. The number of carbonyl (C=O) groups is 1. The fraction of sp³-hybridized carbons (Fsp3) is 0.370. The van der Waals surface area contributed by atoms with Gasteiger partial charge in [0.05, 0.1) is 23.5 Å². The molecule has 11 heteroatoms. The first-order valence-corrected chi connectivity index (χ1v) is 13.6. The van der Waals surface area contributed by atoms with Crippen LogP contribution in [0, 0.1) is 0 Å². The van der Waals surface area contributed by atoms with E-state index in [2.05, 4.69) is 15.3 Å². The number of anilines is 2. The van der Waals surface area contributed by atoms with Crippen LogP contribution >= 0.6 is 0 Å². The molecule has 0 radical (unpaired) electrons. The Morgan fingerprint density at radius 3 is 2.05 bits per heavy atom. The van der Waals surface area contributed by atoms with E-state index in [0.717, 1.165) is 16.7 Å². The molecule has 1 aromatic heterocycles. The Labute approximate surface area is 223 Å². The molecule has 0 atom stereocenters. The lowest BCUT2D eigenvalue weighted by molar-refractivity contribution is -0.125. The molecular weight excluding hydrogens is 506 g/mol. The first-order valence-electron chi connectivity index (χ1n) is 12.1. The van der Waals surface area contributed by atoms with Crippen molar-refractivity contribution in [2.24, 2.45) is 0 Å². The van der Waals surface area contributed by atoms with Gasteiger partial charge in [0.1, 0.15) is 0 Å². The topological polar surface area (TPSA) is 137 Å². The first-order chi connectivity index (χ1) is 17.9. The van der Waals surface area contributed by atoms with Crippen molar-refractivity contribution in [3.05, 3.63) is 66.5 Å². The number of hydrogen-bond donors (Lipinski definition) is 2. The average Bonchev–Trinajstić information content (AvgIpc) is 2.95. The van der Waals surface area contributed by atoms with Crippen LogP contribution in [0.5, 0.6) is 0 Å². The van der Waals surface area contributed by atoms with Crippen LogP contribution in [0.1, 0.15) is 25.8 Å². The van der Waals surface area contributed by atoms with E-state index in [4.69, 9.17) is 15.2 Å². The zero-order valence-electron chi connectivity index (χ0n) is 20.3. The lowest BCUT2D eigenvalue weighted by atomic mass is 9.73. The van der Waals surface area contributed by atoms with Gasteiger partial charge in [-0.2, -0.15) is 4.31 Å². The molecule has 2 aliphatic rings. The van der Waals surface area contributed by atoms with E-state index in [-0.39, 0.29) is 24.2 Å². The Balaban J connectivity index is 0.00000336. The van der Waals surface area contributed by atoms with Gasteiger partial charge in [-0.05, 0) is 48.2 Å². The summed E-state index contributed by atoms with van der Waals surface area (Å²) in [5.74, 6) is 0.0630. The molecule has 38 heavy (non-hydrogen) atoms. The van der Waals surface area contributed by atoms with Gasteiger partial charge < -0.3 is 20.5 Å². The molecule has 0 bridgehead atoms. The minimum absolute atomic E-state index is 0. The van der Waals surface area contributed by atoms with Gasteiger partial charge in [0.2, 0.25) is 21.9 Å². The molecule has 2 aliphatic heterocycles. The number of ether oxygens (including phenoxy) is 2. The molecule has 3 heterocycles. The first kappa shape index (κ1) is 27.6. The van der Waals surface area contributed by atoms with Crippen LogP contribution in [0.15, 0.2) is 65.8 Å². The Morgan fingerprint density at radius 2 is 1.45 bits per heavy atom. The SMILES string of the molecule is C.Nc1ncc(-c2ccc(C3(C(=O)Nc4ccc(S(=O)(=O)N5CCOCC5)cc4)CCOCC3)cc2)cn1. The molecule has 2 aromatic carbocycles. The monoisotopic (exact) mass is 539 g/mol. The molecular formula is C27H33N5O5S. The predicted molar refractivity (Wildman–Crippen MR) is 145 cm³/mol. The molecule has 2 saturated heterocycles. The third kappa shape index (κ3) is 5.56. The van der Waals surface area contributed by atoms with Crippen molar-refractivity contribution < 1.29 is 22.7 Å². The number of carbonyl (C=O) groups excluding carboxylic acids is 1. The van der Waals surface area contributed by atoms with Gasteiger partial charge >= 0.3 is 0 Å². The number of rotatable bonds is 6. The van der Waals surface area contributed by atoms with Crippen molar-refractivity contribution in [2.75, 3.05) is 50.6 Å². The molecule has 2 fully saturated rings. The van der Waals surface area contributed by atoms with Gasteiger partial charge in [-0.25, -0.2) is 18.4 Å². The molecule has 3 aromatic rings. The summed E-state index contributed by atoms with van der Waals surface area (Å²) >= 11 is 0. The fourth-order valence-electron chi connectivity index (χ4n) is 4.73. The van der Waals surface area contributed by atoms with E-state index < -0.39 is 15.4 Å². The van der Waals surface area contributed by atoms with Gasteiger partial charge in [0, 0.05) is 49.9 Å². The van der Waals surface area contributed by atoms with Crippen molar-refractivity contribution in [2.45, 2.75) is 30.6 Å². The van der Waals surface area contributed by atoms with E-state index in [1.54, 1.807) is 24.5 Å². The molecule has 0 saturated carbocycles. The largest absolute Gasteiger partial charge is 0.381 e. The Kier molecular flexibility index (Phi) is 8.41. The predicted octanol–water partition coefficient (Wildman–Crippen LogP) is 3.07. The number of nitrogens with one attached hydrogen (secondary N) is 1. The lowest BCUT2D eigenvalue weighted by Crippen LogP contribution is -2.44. The van der Waals surface area contributed by atoms with Gasteiger partial charge in [0.25, 0.3) is 0 Å². The quantitative estimate of drug-likeness (QED) is 0.488. The summed E-state index contributed by atoms with van der Waals surface area (Å²) in [6.45, 7) is 2.36. The number of sulfonamides is 1. The molecule has 202 valence electrons. The van der Waals surface area contributed by atoms with Crippen molar-refractivity contribution in [3.63, 3.8) is 0 Å². The maximum atomic E-state index is 13.7. The van der Waals surface area contributed by atoms with E-state index in [0.29, 0.717) is 58.0 Å². The number of nitrogens with zero attached hydrogens (tertiary/aromatic N) is 3. The Morgan fingerprint density at radius 1 is 0.868 bits per heavy atom. The Bertz CT molecular complexity index is 1330. The highest BCUT2D eigenvalue weighted by molar-refractivity contribution is 7.89. The van der Waals surface area contributed by atoms with Crippen LogP contribution < -0.4 is 11.1 Å². The van der Waals surface area contributed by atoms with E-state index in [1.165, 1.54) is 16.4 Å². The minimum atomic E-state index is -3.60. The second-order valence-electron chi connectivity index (χ2n) is 9.10. The normalized spacial score (nSPS) is 17.8. The van der Waals surface area contributed by atoms with Crippen molar-refractivity contribution in [1.29, 1.82) is 0 Å². The summed E-state index contributed by atoms with van der Waals surface area (Å²) in [5.41, 5.74) is 7.99. The standard InChI is InChI=1S/C26H29N5O5S.CH4/c27-25-28-17-20(18-29-25)19-1-3-21(4-2-19)26(9-13-35-14-10-26)24(32)30-22-5-7-23(8-6-22)37(33,34)31-11-15-36-16-12-31;/h1-8,17-18H,9-16H2,(H,30,32)(H2,27,28,29);1H4. The minimum Gasteiger partial charge on any atom is -0.381 e. The highest BCUT2D eigenvalue weighted by Crippen LogP contribution is 2.37. The number of benzene rings is 2. The molecule has 10 nitrogen and oxygen atoms in total. The van der Waals surface area contributed by atoms with E-state index in [9.17, 15) is 13.2 Å². The van der Waals surface area contributed by atoms with E-state index in [1.807, 2.05) is 24.3 Å². The van der Waals surface area contributed by atoms with Crippen LogP contribution in [0.25, 0.3) is 11.1 Å². The zero-order valence-corrected chi connectivity index (χ0v) is 21.1. The molecule has 0 spiro atoms. The number of nitrogens with two attached hydrogens (primary N) is 1. The summed E-state index contributed by atoms with van der Waals surface area (Å²) in [4.78, 5) is 21.9. The van der Waals surface area contributed by atoms with Gasteiger partial charge in [-0.1, -0.05) is 31.7 Å². The maximum Gasteiger partial charge on any atom is 0.243 e. The highest BCUT2D eigenvalue weighted by atomic mass is 32.2. The number of amides is 1. The van der Waals surface area contributed by atoms with Crippen LogP contribution in [0.4, 0.5) is 11.6 Å². The second kappa shape index (κ2) is 11.6. The molecule has 3 N–H and O–H groups in total. The van der Waals surface area contributed by atoms with Crippen LogP contribution in [-0.2, 0) is 29.7 Å². The Hall–Kier alpha value is -3.38. The van der Waals surface area contributed by atoms with Gasteiger partial charge in [0.15, 0.2) is 0 Å². The van der Waals surface area contributed by atoms with Gasteiger partial charge in [-0.3, -0.25) is 4.79 Å². The van der Waals surface area contributed by atoms with Crippen LogP contribution in [0.3, 0.4) is 0 Å². The molecule has 1 amide bonds.